The highest BCUT2D eigenvalue weighted by molar-refractivity contribution is 5.76. The molecule has 8 N–H and O–H groups in total. The zero-order valence-electron chi connectivity index (χ0n) is 12.6. The summed E-state index contributed by atoms with van der Waals surface area (Å²) in [5, 5.41) is 29.5. The van der Waals surface area contributed by atoms with E-state index in [1.54, 1.807) is 0 Å². The molecule has 0 aromatic carbocycles. The van der Waals surface area contributed by atoms with E-state index in [1.807, 2.05) is 0 Å². The predicted molar refractivity (Wildman–Crippen MR) is 80.8 cm³/mol. The van der Waals surface area contributed by atoms with Gasteiger partial charge in [0, 0.05) is 19.4 Å². The first-order chi connectivity index (χ1) is 10.3. The van der Waals surface area contributed by atoms with E-state index in [2.05, 4.69) is 10.3 Å². The summed E-state index contributed by atoms with van der Waals surface area (Å²) in [4.78, 5) is 25.8. The Balaban J connectivity index is 3.93. The minimum atomic E-state index is -1.66. The van der Waals surface area contributed by atoms with E-state index < -0.39 is 18.3 Å². The summed E-state index contributed by atoms with van der Waals surface area (Å²) in [5.41, 5.74) is 10.3. The average Bonchev–Trinajstić information content (AvgIpc) is 2.40. The zero-order chi connectivity index (χ0) is 17.0. The molecule has 0 radical (unpaired) electrons. The Bertz CT molecular complexity index is 369. The summed E-state index contributed by atoms with van der Waals surface area (Å²) < 4.78 is 0. The van der Waals surface area contributed by atoms with Crippen LogP contribution in [0.25, 0.3) is 0 Å². The van der Waals surface area contributed by atoms with Gasteiger partial charge in [0.25, 0.3) is 0 Å². The largest absolute Gasteiger partial charge is 0.481 e. The number of aliphatic imine (C=N–C) groups is 1. The molecule has 0 fully saturated rings. The first-order valence-corrected chi connectivity index (χ1v) is 7.25. The number of carboxylic acid groups (broad SMARTS) is 1. The van der Waals surface area contributed by atoms with Gasteiger partial charge in [0.1, 0.15) is 0 Å². The topological polar surface area (TPSA) is 171 Å². The number of amides is 1. The molecule has 0 bridgehead atoms. The Kier molecular flexibility index (Phi) is 10.8. The van der Waals surface area contributed by atoms with Gasteiger partial charge >= 0.3 is 5.97 Å². The number of nitrogens with two attached hydrogens (primary N) is 2. The van der Waals surface area contributed by atoms with E-state index in [0.29, 0.717) is 38.6 Å². The summed E-state index contributed by atoms with van der Waals surface area (Å²) in [7, 11) is 0. The molecule has 9 nitrogen and oxygen atoms in total. The number of hydrogen-bond acceptors (Lipinski definition) is 5. The Morgan fingerprint density at radius 2 is 1.68 bits per heavy atom. The van der Waals surface area contributed by atoms with Crippen molar-refractivity contribution in [3.8, 4) is 0 Å². The van der Waals surface area contributed by atoms with Crippen LogP contribution in [0, 0.1) is 0 Å². The summed E-state index contributed by atoms with van der Waals surface area (Å²) >= 11 is 0. The highest BCUT2D eigenvalue weighted by Gasteiger charge is 2.18. The highest BCUT2D eigenvalue weighted by atomic mass is 16.5. The molecule has 1 unspecified atom stereocenters. The molecular formula is C13H26N4O5. The van der Waals surface area contributed by atoms with Crippen LogP contribution in [0.5, 0.6) is 0 Å². The molecule has 0 aromatic rings. The molecule has 0 rings (SSSR count). The van der Waals surface area contributed by atoms with E-state index >= 15 is 0 Å². The first kappa shape index (κ1) is 20.1. The number of nitrogens with zero attached hydrogens (tertiary/aromatic N) is 1. The van der Waals surface area contributed by atoms with Crippen molar-refractivity contribution in [3.63, 3.8) is 0 Å². The fraction of sp³-hybridized carbons (Fsp3) is 0.769. The van der Waals surface area contributed by atoms with Crippen LogP contribution in [0.15, 0.2) is 4.99 Å². The molecule has 1 atom stereocenters. The molecule has 0 saturated carbocycles. The average molecular weight is 318 g/mol. The van der Waals surface area contributed by atoms with Gasteiger partial charge in [0.2, 0.25) is 5.91 Å². The standard InChI is InChI=1S/C13H26N4O5/c14-13(15)16-8-4-5-9(12(21)22)17-10(18)6-2-1-3-7-11(19)20/h9,12,21-22H,1-8H2,(H,17,18)(H,19,20)(H4,14,15,16). The SMILES string of the molecule is NC(N)=NCCCC(NC(=O)CCCCCC(=O)O)C(O)O. The Morgan fingerprint density at radius 3 is 2.23 bits per heavy atom. The van der Waals surface area contributed by atoms with Crippen molar-refractivity contribution in [1.29, 1.82) is 0 Å². The van der Waals surface area contributed by atoms with Crippen LogP contribution >= 0.6 is 0 Å². The number of rotatable bonds is 12. The molecule has 0 aliphatic carbocycles. The lowest BCUT2D eigenvalue weighted by Crippen LogP contribution is -2.43. The molecule has 9 heteroatoms. The second kappa shape index (κ2) is 11.8. The molecule has 0 spiro atoms. The zero-order valence-corrected chi connectivity index (χ0v) is 12.6. The number of carbonyl (C=O) groups is 2. The molecular weight excluding hydrogens is 292 g/mol. The maximum atomic E-state index is 11.7. The van der Waals surface area contributed by atoms with Gasteiger partial charge in [0.05, 0.1) is 6.04 Å². The third-order valence-electron chi connectivity index (χ3n) is 2.97. The number of aliphatic hydroxyl groups is 2. The Morgan fingerprint density at radius 1 is 1.05 bits per heavy atom. The number of carboxylic acids is 1. The highest BCUT2D eigenvalue weighted by Crippen LogP contribution is 2.06. The molecule has 1 amide bonds. The van der Waals surface area contributed by atoms with Crippen molar-refractivity contribution in [3.05, 3.63) is 0 Å². The lowest BCUT2D eigenvalue weighted by atomic mass is 10.1. The number of aliphatic carboxylic acids is 1. The van der Waals surface area contributed by atoms with Crippen molar-refractivity contribution >= 4 is 17.8 Å². The van der Waals surface area contributed by atoms with Gasteiger partial charge in [-0.2, -0.15) is 0 Å². The molecule has 0 aromatic heterocycles. The second-order valence-electron chi connectivity index (χ2n) is 4.99. The van der Waals surface area contributed by atoms with E-state index in [4.69, 9.17) is 16.6 Å². The number of nitrogens with one attached hydrogen (secondary N) is 1. The van der Waals surface area contributed by atoms with Gasteiger partial charge in [0.15, 0.2) is 12.2 Å². The number of carbonyl (C=O) groups excluding carboxylic acids is 1. The van der Waals surface area contributed by atoms with Crippen molar-refractivity contribution in [2.24, 2.45) is 16.5 Å². The van der Waals surface area contributed by atoms with Crippen LogP contribution in [0.3, 0.4) is 0 Å². The van der Waals surface area contributed by atoms with Gasteiger partial charge in [-0.1, -0.05) is 6.42 Å². The minimum Gasteiger partial charge on any atom is -0.481 e. The van der Waals surface area contributed by atoms with Crippen LogP contribution in [0.4, 0.5) is 0 Å². The number of hydrogen-bond donors (Lipinski definition) is 6. The lowest BCUT2D eigenvalue weighted by Gasteiger charge is -2.20. The Labute approximate surface area is 129 Å². The predicted octanol–water partition coefficient (Wildman–Crippen LogP) is -1.13. The number of aliphatic hydroxyl groups excluding tert-OH is 1. The van der Waals surface area contributed by atoms with E-state index in [-0.39, 0.29) is 24.7 Å². The third kappa shape index (κ3) is 11.9. The normalized spacial score (nSPS) is 12.0. The smallest absolute Gasteiger partial charge is 0.303 e. The third-order valence-corrected chi connectivity index (χ3v) is 2.97. The summed E-state index contributed by atoms with van der Waals surface area (Å²) in [6.45, 7) is 0.344. The number of guanidine groups is 1. The minimum absolute atomic E-state index is 0.0357. The molecule has 0 saturated heterocycles. The molecule has 0 aliphatic rings. The molecule has 0 heterocycles. The molecule has 22 heavy (non-hydrogen) atoms. The van der Waals surface area contributed by atoms with Gasteiger partial charge in [-0.25, -0.2) is 0 Å². The van der Waals surface area contributed by atoms with Crippen LogP contribution in [0.2, 0.25) is 0 Å². The fourth-order valence-electron chi connectivity index (χ4n) is 1.83. The van der Waals surface area contributed by atoms with E-state index in [9.17, 15) is 19.8 Å². The maximum Gasteiger partial charge on any atom is 0.303 e. The van der Waals surface area contributed by atoms with E-state index in [0.717, 1.165) is 0 Å². The van der Waals surface area contributed by atoms with Gasteiger partial charge in [-0.15, -0.1) is 0 Å². The van der Waals surface area contributed by atoms with Crippen LogP contribution < -0.4 is 16.8 Å². The van der Waals surface area contributed by atoms with Crippen LogP contribution in [0.1, 0.15) is 44.9 Å². The summed E-state index contributed by atoms with van der Waals surface area (Å²) in [5.74, 6) is -1.18. The van der Waals surface area contributed by atoms with Crippen molar-refractivity contribution in [1.82, 2.24) is 5.32 Å². The Hall–Kier alpha value is -1.87. The van der Waals surface area contributed by atoms with Crippen LogP contribution in [-0.2, 0) is 9.59 Å². The second-order valence-corrected chi connectivity index (χ2v) is 4.99. The fourth-order valence-corrected chi connectivity index (χ4v) is 1.83. The summed E-state index contributed by atoms with van der Waals surface area (Å²) in [6, 6.07) is -0.777. The summed E-state index contributed by atoms with van der Waals surface area (Å²) in [6.07, 6.45) is 1.19. The van der Waals surface area contributed by atoms with E-state index in [1.165, 1.54) is 0 Å². The number of unbranched alkanes of at least 4 members (excludes halogenated alkanes) is 2. The maximum absolute atomic E-state index is 11.7. The monoisotopic (exact) mass is 318 g/mol. The van der Waals surface area contributed by atoms with Crippen molar-refractivity contribution in [2.45, 2.75) is 57.3 Å². The van der Waals surface area contributed by atoms with Gasteiger partial charge in [-0.05, 0) is 25.7 Å². The molecule has 128 valence electrons. The van der Waals surface area contributed by atoms with Gasteiger partial charge in [-0.3, -0.25) is 14.6 Å². The van der Waals surface area contributed by atoms with Crippen molar-refractivity contribution < 1.29 is 24.9 Å². The quantitative estimate of drug-likeness (QED) is 0.114. The van der Waals surface area contributed by atoms with Gasteiger partial charge < -0.3 is 32.1 Å². The van der Waals surface area contributed by atoms with Crippen LogP contribution in [-0.4, -0.2) is 52.0 Å². The molecule has 0 aliphatic heterocycles. The lowest BCUT2D eigenvalue weighted by molar-refractivity contribution is -0.137. The van der Waals surface area contributed by atoms with Crippen molar-refractivity contribution in [2.75, 3.05) is 6.54 Å². The first-order valence-electron chi connectivity index (χ1n) is 7.25.